The van der Waals surface area contributed by atoms with Gasteiger partial charge in [0.05, 0.1) is 5.75 Å². The molecule has 0 aliphatic heterocycles. The number of hydrogen-bond acceptors (Lipinski definition) is 5. The average Bonchev–Trinajstić information content (AvgIpc) is 2.82. The van der Waals surface area contributed by atoms with Crippen molar-refractivity contribution in [2.24, 2.45) is 0 Å². The summed E-state index contributed by atoms with van der Waals surface area (Å²) in [4.78, 5) is 5.38. The molecule has 4 nitrogen and oxygen atoms in total. The van der Waals surface area contributed by atoms with Crippen LogP contribution in [-0.2, 0) is 5.75 Å². The molecule has 0 saturated carbocycles. The van der Waals surface area contributed by atoms with E-state index in [4.69, 9.17) is 4.52 Å². The molecule has 1 aromatic heterocycles. The Morgan fingerprint density at radius 3 is 2.61 bits per heavy atom. The Labute approximate surface area is 111 Å². The Balaban J connectivity index is 1.94. The van der Waals surface area contributed by atoms with Crippen LogP contribution < -0.4 is 5.32 Å². The zero-order chi connectivity index (χ0) is 13.0. The Morgan fingerprint density at radius 1 is 1.33 bits per heavy atom. The van der Waals surface area contributed by atoms with Gasteiger partial charge in [0.2, 0.25) is 5.89 Å². The highest BCUT2D eigenvalue weighted by Gasteiger charge is 2.05. The summed E-state index contributed by atoms with van der Waals surface area (Å²) in [5.74, 6) is 2.07. The standard InChI is InChI=1S/C13H17N3OS/c1-9(14-3)11-4-6-12(7-5-11)18-8-13-15-10(2)16-17-13/h4-7,9,14H,8H2,1-3H3. The first kappa shape index (κ1) is 13.1. The van der Waals surface area contributed by atoms with E-state index in [1.807, 2.05) is 14.0 Å². The lowest BCUT2D eigenvalue weighted by atomic mass is 10.1. The maximum absolute atomic E-state index is 5.07. The molecule has 96 valence electrons. The average molecular weight is 263 g/mol. The maximum Gasteiger partial charge on any atom is 0.236 e. The van der Waals surface area contributed by atoms with Gasteiger partial charge in [-0.05, 0) is 38.6 Å². The predicted octanol–water partition coefficient (Wildman–Crippen LogP) is 2.95. The molecule has 1 N–H and O–H groups in total. The molecule has 1 atom stereocenters. The van der Waals surface area contributed by atoms with Crippen molar-refractivity contribution >= 4 is 11.8 Å². The minimum Gasteiger partial charge on any atom is -0.338 e. The molecule has 1 unspecified atom stereocenters. The van der Waals surface area contributed by atoms with E-state index in [1.54, 1.807) is 11.8 Å². The number of benzene rings is 1. The minimum absolute atomic E-state index is 0.377. The van der Waals surface area contributed by atoms with Crippen molar-refractivity contribution < 1.29 is 4.52 Å². The highest BCUT2D eigenvalue weighted by atomic mass is 32.2. The van der Waals surface area contributed by atoms with Crippen LogP contribution in [0.5, 0.6) is 0 Å². The second-order valence-electron chi connectivity index (χ2n) is 4.10. The van der Waals surface area contributed by atoms with Crippen molar-refractivity contribution in [2.75, 3.05) is 7.05 Å². The summed E-state index contributed by atoms with van der Waals surface area (Å²) in [7, 11) is 1.96. The summed E-state index contributed by atoms with van der Waals surface area (Å²) >= 11 is 1.70. The van der Waals surface area contributed by atoms with Crippen LogP contribution in [0.1, 0.15) is 30.2 Å². The molecule has 2 rings (SSSR count). The molecule has 18 heavy (non-hydrogen) atoms. The molecule has 1 aromatic carbocycles. The lowest BCUT2D eigenvalue weighted by molar-refractivity contribution is 0.387. The zero-order valence-corrected chi connectivity index (χ0v) is 11.6. The lowest BCUT2D eigenvalue weighted by Crippen LogP contribution is -2.11. The fourth-order valence-corrected chi connectivity index (χ4v) is 2.30. The van der Waals surface area contributed by atoms with Crippen LogP contribution in [0.2, 0.25) is 0 Å². The molecular weight excluding hydrogens is 246 g/mol. The maximum atomic E-state index is 5.07. The van der Waals surface area contributed by atoms with Crippen LogP contribution in [0.25, 0.3) is 0 Å². The first-order valence-electron chi connectivity index (χ1n) is 5.88. The Kier molecular flexibility index (Phi) is 4.38. The largest absolute Gasteiger partial charge is 0.338 e. The summed E-state index contributed by atoms with van der Waals surface area (Å²) in [6.07, 6.45) is 0. The van der Waals surface area contributed by atoms with E-state index in [0.717, 1.165) is 0 Å². The van der Waals surface area contributed by atoms with Gasteiger partial charge in [0.25, 0.3) is 0 Å². The summed E-state index contributed by atoms with van der Waals surface area (Å²) in [6.45, 7) is 3.97. The van der Waals surface area contributed by atoms with Crippen LogP contribution in [-0.4, -0.2) is 17.2 Å². The van der Waals surface area contributed by atoms with Gasteiger partial charge >= 0.3 is 0 Å². The second-order valence-corrected chi connectivity index (χ2v) is 5.15. The molecule has 0 spiro atoms. The molecule has 2 aromatic rings. The molecule has 0 bridgehead atoms. The van der Waals surface area contributed by atoms with E-state index in [0.29, 0.717) is 23.5 Å². The van der Waals surface area contributed by atoms with E-state index in [1.165, 1.54) is 10.5 Å². The van der Waals surface area contributed by atoms with E-state index in [-0.39, 0.29) is 0 Å². The zero-order valence-electron chi connectivity index (χ0n) is 10.8. The number of hydrogen-bond donors (Lipinski definition) is 1. The van der Waals surface area contributed by atoms with E-state index in [9.17, 15) is 0 Å². The smallest absolute Gasteiger partial charge is 0.236 e. The van der Waals surface area contributed by atoms with Gasteiger partial charge in [0.15, 0.2) is 5.82 Å². The van der Waals surface area contributed by atoms with Crippen LogP contribution in [0.3, 0.4) is 0 Å². The summed E-state index contributed by atoms with van der Waals surface area (Å²) in [5, 5.41) is 6.99. The van der Waals surface area contributed by atoms with E-state index < -0.39 is 0 Å². The van der Waals surface area contributed by atoms with Crippen molar-refractivity contribution in [3.63, 3.8) is 0 Å². The van der Waals surface area contributed by atoms with Crippen molar-refractivity contribution in [2.45, 2.75) is 30.5 Å². The molecule has 0 aliphatic rings. The van der Waals surface area contributed by atoms with Gasteiger partial charge in [-0.2, -0.15) is 4.98 Å². The van der Waals surface area contributed by atoms with Gasteiger partial charge in [0, 0.05) is 10.9 Å². The third-order valence-electron chi connectivity index (χ3n) is 2.75. The van der Waals surface area contributed by atoms with Crippen LogP contribution in [0.15, 0.2) is 33.7 Å². The number of thioether (sulfide) groups is 1. The third kappa shape index (κ3) is 3.34. The first-order valence-corrected chi connectivity index (χ1v) is 6.87. The normalized spacial score (nSPS) is 12.6. The molecule has 0 aliphatic carbocycles. The number of rotatable bonds is 5. The van der Waals surface area contributed by atoms with E-state index >= 15 is 0 Å². The monoisotopic (exact) mass is 263 g/mol. The molecule has 0 fully saturated rings. The van der Waals surface area contributed by atoms with Gasteiger partial charge in [-0.15, -0.1) is 11.8 Å². The molecule has 1 heterocycles. The third-order valence-corrected chi connectivity index (χ3v) is 3.74. The van der Waals surface area contributed by atoms with Gasteiger partial charge in [-0.3, -0.25) is 0 Å². The molecule has 0 saturated heterocycles. The molecular formula is C13H17N3OS. The summed E-state index contributed by atoms with van der Waals surface area (Å²) in [6, 6.07) is 8.90. The Bertz CT molecular complexity index is 495. The van der Waals surface area contributed by atoms with Crippen molar-refractivity contribution in [1.82, 2.24) is 15.5 Å². The van der Waals surface area contributed by atoms with Gasteiger partial charge in [-0.1, -0.05) is 17.3 Å². The van der Waals surface area contributed by atoms with Crippen LogP contribution >= 0.6 is 11.8 Å². The molecule has 5 heteroatoms. The summed E-state index contributed by atoms with van der Waals surface area (Å²) < 4.78 is 5.07. The number of nitrogens with one attached hydrogen (secondary N) is 1. The Hall–Kier alpha value is -1.33. The molecule has 0 amide bonds. The fraction of sp³-hybridized carbons (Fsp3) is 0.385. The van der Waals surface area contributed by atoms with Crippen molar-refractivity contribution in [1.29, 1.82) is 0 Å². The fourth-order valence-electron chi connectivity index (χ4n) is 1.56. The number of nitrogens with zero attached hydrogens (tertiary/aromatic N) is 2. The minimum atomic E-state index is 0.377. The first-order chi connectivity index (χ1) is 8.69. The highest BCUT2D eigenvalue weighted by molar-refractivity contribution is 7.98. The van der Waals surface area contributed by atoms with Gasteiger partial charge < -0.3 is 9.84 Å². The SMILES string of the molecule is CNC(C)c1ccc(SCc2nc(C)no2)cc1. The van der Waals surface area contributed by atoms with Crippen molar-refractivity contribution in [3.8, 4) is 0 Å². The van der Waals surface area contributed by atoms with Gasteiger partial charge in [-0.25, -0.2) is 0 Å². The molecule has 0 radical (unpaired) electrons. The summed E-state index contributed by atoms with van der Waals surface area (Å²) in [5.41, 5.74) is 1.29. The topological polar surface area (TPSA) is 51.0 Å². The quantitative estimate of drug-likeness (QED) is 0.840. The van der Waals surface area contributed by atoms with Gasteiger partial charge in [0.1, 0.15) is 0 Å². The predicted molar refractivity (Wildman–Crippen MR) is 72.5 cm³/mol. The second kappa shape index (κ2) is 6.02. The van der Waals surface area contributed by atoms with Crippen molar-refractivity contribution in [3.05, 3.63) is 41.5 Å². The lowest BCUT2D eigenvalue weighted by Gasteiger charge is -2.10. The number of aryl methyl sites for hydroxylation is 1. The highest BCUT2D eigenvalue weighted by Crippen LogP contribution is 2.23. The van der Waals surface area contributed by atoms with Crippen LogP contribution in [0.4, 0.5) is 0 Å². The van der Waals surface area contributed by atoms with Crippen LogP contribution in [0, 0.1) is 6.92 Å². The van der Waals surface area contributed by atoms with E-state index in [2.05, 4.69) is 46.6 Å². The number of aromatic nitrogens is 2. The Morgan fingerprint density at radius 2 is 2.06 bits per heavy atom.